The van der Waals surface area contributed by atoms with E-state index in [1.165, 1.54) is 18.8 Å². The smallest absolute Gasteiger partial charge is 0.329 e. The molecule has 1 aromatic heterocycles. The number of rotatable bonds is 2. The number of methoxy groups -OCH3 is 2. The fourth-order valence-corrected chi connectivity index (χ4v) is 3.53. The van der Waals surface area contributed by atoms with E-state index in [1.54, 1.807) is 13.0 Å². The van der Waals surface area contributed by atoms with E-state index >= 15 is 0 Å². The van der Waals surface area contributed by atoms with E-state index in [1.807, 2.05) is 18.2 Å². The fraction of sp³-hybridized carbons (Fsp3) is 0.353. The Labute approximate surface area is 133 Å². The van der Waals surface area contributed by atoms with E-state index in [9.17, 15) is 14.4 Å². The zero-order valence-electron chi connectivity index (χ0n) is 13.2. The first kappa shape index (κ1) is 15.3. The Morgan fingerprint density at radius 3 is 2.35 bits per heavy atom. The van der Waals surface area contributed by atoms with Crippen LogP contribution < -0.4 is 0 Å². The first-order chi connectivity index (χ1) is 11.0. The monoisotopic (exact) mass is 315 g/mol. The summed E-state index contributed by atoms with van der Waals surface area (Å²) in [5.74, 6) is -1.55. The predicted octanol–water partition coefficient (Wildman–Crippen LogP) is 1.97. The minimum Gasteiger partial charge on any atom is -0.468 e. The second kappa shape index (κ2) is 5.22. The van der Waals surface area contributed by atoms with Gasteiger partial charge in [0.05, 0.1) is 25.4 Å². The van der Waals surface area contributed by atoms with Crippen molar-refractivity contribution < 1.29 is 23.9 Å². The molecule has 1 aromatic carbocycles. The number of carbonyl (C=O) groups is 3. The molecule has 6 heteroatoms. The van der Waals surface area contributed by atoms with E-state index in [-0.39, 0.29) is 18.7 Å². The van der Waals surface area contributed by atoms with Gasteiger partial charge in [0.1, 0.15) is 0 Å². The lowest BCUT2D eigenvalue weighted by molar-refractivity contribution is -0.163. The van der Waals surface area contributed by atoms with Gasteiger partial charge in [0.15, 0.2) is 0 Å². The van der Waals surface area contributed by atoms with Crippen molar-refractivity contribution in [3.05, 3.63) is 35.5 Å². The number of fused-ring (bicyclic) bond motifs is 3. The number of benzene rings is 1. The average Bonchev–Trinajstić information content (AvgIpc) is 2.89. The number of hydrogen-bond donors (Lipinski definition) is 0. The van der Waals surface area contributed by atoms with Gasteiger partial charge in [-0.05, 0) is 25.0 Å². The Bertz CT molecular complexity index is 817. The third kappa shape index (κ3) is 1.84. The molecule has 6 nitrogen and oxygen atoms in total. The number of esters is 2. The van der Waals surface area contributed by atoms with E-state index in [4.69, 9.17) is 9.47 Å². The molecule has 0 unspecified atom stereocenters. The quantitative estimate of drug-likeness (QED) is 0.625. The summed E-state index contributed by atoms with van der Waals surface area (Å²) in [6.07, 6.45) is 0.109. The lowest BCUT2D eigenvalue weighted by Gasteiger charge is -2.33. The van der Waals surface area contributed by atoms with Crippen molar-refractivity contribution in [3.8, 4) is 0 Å². The van der Waals surface area contributed by atoms with Crippen LogP contribution >= 0.6 is 0 Å². The highest BCUT2D eigenvalue weighted by atomic mass is 16.5. The predicted molar refractivity (Wildman–Crippen MR) is 82.2 cm³/mol. The molecular formula is C17H17NO5. The molecule has 0 aliphatic carbocycles. The lowest BCUT2D eigenvalue weighted by atomic mass is 9.76. The molecule has 3 rings (SSSR count). The molecule has 0 fully saturated rings. The van der Waals surface area contributed by atoms with Crippen molar-refractivity contribution in [2.75, 3.05) is 14.2 Å². The van der Waals surface area contributed by atoms with Crippen LogP contribution in [0.4, 0.5) is 0 Å². The van der Waals surface area contributed by atoms with Crippen molar-refractivity contribution in [1.29, 1.82) is 0 Å². The molecule has 0 amide bonds. The first-order valence-electron chi connectivity index (χ1n) is 7.29. The van der Waals surface area contributed by atoms with Crippen LogP contribution in [0.1, 0.15) is 28.9 Å². The highest BCUT2D eigenvalue weighted by molar-refractivity contribution is 6.11. The summed E-state index contributed by atoms with van der Waals surface area (Å²) in [5.41, 5.74) is 0.139. The van der Waals surface area contributed by atoms with Crippen LogP contribution in [0.5, 0.6) is 0 Å². The fourth-order valence-electron chi connectivity index (χ4n) is 3.53. The van der Waals surface area contributed by atoms with Crippen LogP contribution in [0.25, 0.3) is 10.9 Å². The van der Waals surface area contributed by atoms with Crippen molar-refractivity contribution in [2.45, 2.75) is 25.2 Å². The molecule has 23 heavy (non-hydrogen) atoms. The van der Waals surface area contributed by atoms with Gasteiger partial charge in [0.25, 0.3) is 0 Å². The molecule has 2 heterocycles. The van der Waals surface area contributed by atoms with Gasteiger partial charge in [0, 0.05) is 11.8 Å². The van der Waals surface area contributed by atoms with Crippen molar-refractivity contribution in [2.24, 2.45) is 0 Å². The summed E-state index contributed by atoms with van der Waals surface area (Å²) in [6, 6.07) is 7.33. The Morgan fingerprint density at radius 2 is 1.74 bits per heavy atom. The zero-order chi connectivity index (χ0) is 16.8. The summed E-state index contributed by atoms with van der Waals surface area (Å²) >= 11 is 0. The molecule has 0 atom stereocenters. The standard InChI is InChI=1S/C17H17NO5/c1-10-11-6-4-5-7-12(11)18-13(19)8-9-17(14(10)18,15(20)22-2)16(21)23-3/h4-7H,8-9H2,1-3H3. The summed E-state index contributed by atoms with van der Waals surface area (Å²) in [7, 11) is 2.46. The normalized spacial score (nSPS) is 16.0. The highest BCUT2D eigenvalue weighted by Crippen LogP contribution is 2.42. The van der Waals surface area contributed by atoms with Crippen LogP contribution in [0, 0.1) is 6.92 Å². The highest BCUT2D eigenvalue weighted by Gasteiger charge is 2.56. The van der Waals surface area contributed by atoms with Gasteiger partial charge < -0.3 is 9.47 Å². The van der Waals surface area contributed by atoms with Crippen molar-refractivity contribution in [3.63, 3.8) is 0 Å². The van der Waals surface area contributed by atoms with Gasteiger partial charge in [-0.25, -0.2) is 0 Å². The number of nitrogens with zero attached hydrogens (tertiary/aromatic N) is 1. The van der Waals surface area contributed by atoms with Crippen LogP contribution in [0.15, 0.2) is 24.3 Å². The molecule has 0 N–H and O–H groups in total. The summed E-state index contributed by atoms with van der Waals surface area (Å²) < 4.78 is 11.2. The van der Waals surface area contributed by atoms with Crippen LogP contribution in [0.2, 0.25) is 0 Å². The van der Waals surface area contributed by atoms with E-state index in [0.717, 1.165) is 5.39 Å². The molecule has 1 aliphatic heterocycles. The summed E-state index contributed by atoms with van der Waals surface area (Å²) in [5, 5.41) is 0.829. The lowest BCUT2D eigenvalue weighted by Crippen LogP contribution is -2.50. The van der Waals surface area contributed by atoms with Gasteiger partial charge in [-0.1, -0.05) is 18.2 Å². The van der Waals surface area contributed by atoms with Gasteiger partial charge in [-0.3, -0.25) is 19.0 Å². The molecule has 1 aliphatic rings. The van der Waals surface area contributed by atoms with Gasteiger partial charge >= 0.3 is 11.9 Å². The van der Waals surface area contributed by atoms with Crippen LogP contribution in [0.3, 0.4) is 0 Å². The number of para-hydroxylation sites is 1. The molecular weight excluding hydrogens is 298 g/mol. The minimum absolute atomic E-state index is 0.0440. The van der Waals surface area contributed by atoms with Crippen LogP contribution in [-0.2, 0) is 24.5 Å². The molecule has 0 saturated heterocycles. The second-order valence-corrected chi connectivity index (χ2v) is 5.61. The molecule has 0 saturated carbocycles. The summed E-state index contributed by atoms with van der Waals surface area (Å²) in [6.45, 7) is 1.80. The second-order valence-electron chi connectivity index (χ2n) is 5.61. The topological polar surface area (TPSA) is 74.6 Å². The number of aryl methyl sites for hydroxylation is 1. The van der Waals surface area contributed by atoms with Gasteiger partial charge in [-0.2, -0.15) is 0 Å². The molecule has 0 radical (unpaired) electrons. The maximum absolute atomic E-state index is 12.5. The third-order valence-corrected chi connectivity index (χ3v) is 4.56. The van der Waals surface area contributed by atoms with E-state index in [2.05, 4.69) is 0 Å². The Balaban J connectivity index is 2.45. The largest absolute Gasteiger partial charge is 0.468 e. The van der Waals surface area contributed by atoms with Gasteiger partial charge in [-0.15, -0.1) is 0 Å². The zero-order valence-corrected chi connectivity index (χ0v) is 13.2. The Hall–Kier alpha value is -2.63. The maximum Gasteiger partial charge on any atom is 0.329 e. The van der Waals surface area contributed by atoms with Crippen LogP contribution in [-0.4, -0.2) is 36.6 Å². The number of hydrogen-bond acceptors (Lipinski definition) is 5. The van der Waals surface area contributed by atoms with E-state index < -0.39 is 17.4 Å². The first-order valence-corrected chi connectivity index (χ1v) is 7.29. The molecule has 0 bridgehead atoms. The molecule has 120 valence electrons. The molecule has 2 aromatic rings. The maximum atomic E-state index is 12.5. The number of aromatic nitrogens is 1. The van der Waals surface area contributed by atoms with Gasteiger partial charge in [0.2, 0.25) is 11.3 Å². The van der Waals surface area contributed by atoms with Crippen molar-refractivity contribution >= 4 is 28.7 Å². The molecule has 0 spiro atoms. The van der Waals surface area contributed by atoms with Crippen molar-refractivity contribution in [1.82, 2.24) is 4.57 Å². The van der Waals surface area contributed by atoms with E-state index in [0.29, 0.717) is 16.8 Å². The minimum atomic E-state index is -1.61. The number of ether oxygens (including phenoxy) is 2. The third-order valence-electron chi connectivity index (χ3n) is 4.56. The Kier molecular flexibility index (Phi) is 3.47. The average molecular weight is 315 g/mol. The number of carbonyl (C=O) groups excluding carboxylic acids is 3. The Morgan fingerprint density at radius 1 is 1.13 bits per heavy atom. The SMILES string of the molecule is COC(=O)C1(C(=O)OC)CCC(=O)n2c1c(C)c1ccccc12. The summed E-state index contributed by atoms with van der Waals surface area (Å²) in [4.78, 5) is 37.6.